The molecule has 0 atom stereocenters. The van der Waals surface area contributed by atoms with Gasteiger partial charge >= 0.3 is 6.03 Å². The van der Waals surface area contributed by atoms with Crippen LogP contribution < -0.4 is 5.32 Å². The van der Waals surface area contributed by atoms with Crippen LogP contribution in [0.4, 0.5) is 10.5 Å². The van der Waals surface area contributed by atoms with Crippen LogP contribution in [0.3, 0.4) is 0 Å². The van der Waals surface area contributed by atoms with Crippen molar-refractivity contribution < 1.29 is 13.2 Å². The molecule has 0 unspecified atom stereocenters. The lowest BCUT2D eigenvalue weighted by molar-refractivity contribution is 0.170. The van der Waals surface area contributed by atoms with E-state index in [0.717, 1.165) is 16.5 Å². The summed E-state index contributed by atoms with van der Waals surface area (Å²) in [5, 5.41) is 3.98. The molecule has 2 saturated heterocycles. The van der Waals surface area contributed by atoms with Crippen LogP contribution in [0.1, 0.15) is 24.8 Å². The number of nitrogens with zero attached hydrogens (tertiary/aromatic N) is 3. The first-order valence-electron chi connectivity index (χ1n) is 9.35. The summed E-state index contributed by atoms with van der Waals surface area (Å²) in [6, 6.07) is 7.69. The summed E-state index contributed by atoms with van der Waals surface area (Å²) in [5.74, 6) is 0.251. The highest BCUT2D eigenvalue weighted by atomic mass is 32.2. The molecule has 8 heteroatoms. The average Bonchev–Trinajstić information content (AvgIpc) is 3.01. The summed E-state index contributed by atoms with van der Waals surface area (Å²) in [4.78, 5) is 18.9. The van der Waals surface area contributed by atoms with Crippen molar-refractivity contribution in [3.63, 3.8) is 0 Å². The summed E-state index contributed by atoms with van der Waals surface area (Å²) in [6.07, 6.45) is 3.78. The Labute approximate surface area is 159 Å². The van der Waals surface area contributed by atoms with Crippen molar-refractivity contribution in [2.45, 2.75) is 32.2 Å². The molecule has 2 aliphatic rings. The quantitative estimate of drug-likeness (QED) is 0.857. The number of sulfonamides is 1. The Hall–Kier alpha value is -2.19. The highest BCUT2D eigenvalue weighted by Crippen LogP contribution is 2.26. The Morgan fingerprint density at radius 2 is 2.00 bits per heavy atom. The van der Waals surface area contributed by atoms with Gasteiger partial charge in [0.25, 0.3) is 0 Å². The van der Waals surface area contributed by atoms with Gasteiger partial charge in [0.15, 0.2) is 0 Å². The standard InChI is InChI=1S/C19H24N4O3S/c1-14-12-15-4-2-7-20-18(15)17(13-14)21-19(24)22-9-5-16(6-10-22)23-8-3-11-27(23,25)26/h2,4,7,12-13,16H,3,5-6,8-11H2,1H3,(H,21,24). The first kappa shape index (κ1) is 18.2. The number of fused-ring (bicyclic) bond motifs is 1. The Bertz CT molecular complexity index is 968. The molecular formula is C19H24N4O3S. The molecule has 0 saturated carbocycles. The van der Waals surface area contributed by atoms with Crippen LogP contribution >= 0.6 is 0 Å². The molecule has 3 heterocycles. The molecule has 7 nitrogen and oxygen atoms in total. The molecule has 1 aromatic heterocycles. The van der Waals surface area contributed by atoms with E-state index in [0.29, 0.717) is 44.6 Å². The minimum Gasteiger partial charge on any atom is -0.324 e. The number of carbonyl (C=O) groups excluding carboxylic acids is 1. The highest BCUT2D eigenvalue weighted by molar-refractivity contribution is 7.89. The van der Waals surface area contributed by atoms with Crippen molar-refractivity contribution in [2.75, 3.05) is 30.7 Å². The molecule has 1 aromatic carbocycles. The number of piperidine rings is 1. The monoisotopic (exact) mass is 388 g/mol. The maximum Gasteiger partial charge on any atom is 0.321 e. The van der Waals surface area contributed by atoms with Gasteiger partial charge in [-0.05, 0) is 49.9 Å². The molecular weight excluding hydrogens is 364 g/mol. The lowest BCUT2D eigenvalue weighted by atomic mass is 10.1. The third-order valence-electron chi connectivity index (χ3n) is 5.39. The average molecular weight is 388 g/mol. The Morgan fingerprint density at radius 1 is 1.22 bits per heavy atom. The molecule has 144 valence electrons. The second kappa shape index (κ2) is 7.09. The molecule has 0 aliphatic carbocycles. The molecule has 0 radical (unpaired) electrons. The molecule has 27 heavy (non-hydrogen) atoms. The first-order valence-corrected chi connectivity index (χ1v) is 11.0. The van der Waals surface area contributed by atoms with Gasteiger partial charge in [0, 0.05) is 37.3 Å². The van der Waals surface area contributed by atoms with Gasteiger partial charge in [-0.15, -0.1) is 0 Å². The number of pyridine rings is 1. The molecule has 1 N–H and O–H groups in total. The van der Waals surface area contributed by atoms with Crippen molar-refractivity contribution in [1.82, 2.24) is 14.2 Å². The van der Waals surface area contributed by atoms with E-state index >= 15 is 0 Å². The fraction of sp³-hybridized carbons (Fsp3) is 0.474. The van der Waals surface area contributed by atoms with Gasteiger partial charge in [0.2, 0.25) is 10.0 Å². The van der Waals surface area contributed by atoms with E-state index < -0.39 is 10.0 Å². The Kier molecular flexibility index (Phi) is 4.77. The minimum absolute atomic E-state index is 0.0167. The first-order chi connectivity index (χ1) is 12.9. The van der Waals surface area contributed by atoms with Gasteiger partial charge in [-0.2, -0.15) is 4.31 Å². The summed E-state index contributed by atoms with van der Waals surface area (Å²) in [6.45, 7) is 3.71. The van der Waals surface area contributed by atoms with Crippen molar-refractivity contribution in [3.8, 4) is 0 Å². The maximum absolute atomic E-state index is 12.7. The third kappa shape index (κ3) is 3.64. The number of hydrogen-bond acceptors (Lipinski definition) is 4. The topological polar surface area (TPSA) is 82.6 Å². The molecule has 2 aliphatic heterocycles. The second-order valence-corrected chi connectivity index (χ2v) is 9.36. The SMILES string of the molecule is Cc1cc(NC(=O)N2CCC(N3CCCS3(=O)=O)CC2)c2ncccc2c1. The van der Waals surface area contributed by atoms with Crippen LogP contribution in [0.15, 0.2) is 30.5 Å². The zero-order valence-electron chi connectivity index (χ0n) is 15.4. The van der Waals surface area contributed by atoms with Gasteiger partial charge in [-0.1, -0.05) is 6.07 Å². The highest BCUT2D eigenvalue weighted by Gasteiger charge is 2.36. The van der Waals surface area contributed by atoms with E-state index in [1.54, 1.807) is 15.4 Å². The normalized spacial score (nSPS) is 20.9. The number of rotatable bonds is 2. The van der Waals surface area contributed by atoms with Crippen LogP contribution in [0.2, 0.25) is 0 Å². The predicted octanol–water partition coefficient (Wildman–Crippen LogP) is 2.58. The molecule has 2 aromatic rings. The van der Waals surface area contributed by atoms with Crippen LogP contribution in [0.5, 0.6) is 0 Å². The smallest absolute Gasteiger partial charge is 0.321 e. The number of aryl methyl sites for hydroxylation is 1. The van der Waals surface area contributed by atoms with Crippen LogP contribution in [0.25, 0.3) is 10.9 Å². The number of hydrogen-bond donors (Lipinski definition) is 1. The van der Waals surface area contributed by atoms with Gasteiger partial charge < -0.3 is 10.2 Å². The van der Waals surface area contributed by atoms with Crippen LogP contribution in [0, 0.1) is 6.92 Å². The van der Waals surface area contributed by atoms with E-state index in [9.17, 15) is 13.2 Å². The lowest BCUT2D eigenvalue weighted by Gasteiger charge is -2.35. The molecule has 2 amide bonds. The molecule has 0 spiro atoms. The third-order valence-corrected chi connectivity index (χ3v) is 7.39. The van der Waals surface area contributed by atoms with E-state index in [-0.39, 0.29) is 17.8 Å². The van der Waals surface area contributed by atoms with Crippen LogP contribution in [-0.2, 0) is 10.0 Å². The number of benzene rings is 1. The number of urea groups is 1. The minimum atomic E-state index is -3.10. The van der Waals surface area contributed by atoms with E-state index in [1.807, 2.05) is 31.2 Å². The van der Waals surface area contributed by atoms with Crippen molar-refractivity contribution in [1.29, 1.82) is 0 Å². The summed E-state index contributed by atoms with van der Waals surface area (Å²) in [7, 11) is -3.10. The van der Waals surface area contributed by atoms with Gasteiger partial charge in [0.05, 0.1) is 17.0 Å². The van der Waals surface area contributed by atoms with E-state index in [4.69, 9.17) is 0 Å². The number of aromatic nitrogens is 1. The number of nitrogens with one attached hydrogen (secondary N) is 1. The van der Waals surface area contributed by atoms with Crippen molar-refractivity contribution in [2.24, 2.45) is 0 Å². The molecule has 2 fully saturated rings. The van der Waals surface area contributed by atoms with Gasteiger partial charge in [-0.3, -0.25) is 4.98 Å². The number of anilines is 1. The fourth-order valence-corrected chi connectivity index (χ4v) is 5.86. The van der Waals surface area contributed by atoms with Crippen molar-refractivity contribution >= 4 is 32.6 Å². The Morgan fingerprint density at radius 3 is 2.70 bits per heavy atom. The summed E-state index contributed by atoms with van der Waals surface area (Å²) in [5.41, 5.74) is 2.54. The van der Waals surface area contributed by atoms with E-state index in [2.05, 4.69) is 10.3 Å². The fourth-order valence-electron chi connectivity index (χ4n) is 4.06. The number of carbonyl (C=O) groups is 1. The predicted molar refractivity (Wildman–Crippen MR) is 105 cm³/mol. The summed E-state index contributed by atoms with van der Waals surface area (Å²) >= 11 is 0. The van der Waals surface area contributed by atoms with Crippen LogP contribution in [-0.4, -0.2) is 60.1 Å². The second-order valence-electron chi connectivity index (χ2n) is 7.32. The number of amides is 2. The largest absolute Gasteiger partial charge is 0.324 e. The lowest BCUT2D eigenvalue weighted by Crippen LogP contribution is -2.48. The number of likely N-dealkylation sites (tertiary alicyclic amines) is 1. The molecule has 0 bridgehead atoms. The molecule has 4 rings (SSSR count). The van der Waals surface area contributed by atoms with E-state index in [1.165, 1.54) is 0 Å². The zero-order valence-corrected chi connectivity index (χ0v) is 16.2. The van der Waals surface area contributed by atoms with Gasteiger partial charge in [-0.25, -0.2) is 13.2 Å². The summed E-state index contributed by atoms with van der Waals surface area (Å²) < 4.78 is 25.8. The maximum atomic E-state index is 12.7. The Balaban J connectivity index is 1.43. The van der Waals surface area contributed by atoms with Gasteiger partial charge in [0.1, 0.15) is 0 Å². The zero-order chi connectivity index (χ0) is 19.0. The van der Waals surface area contributed by atoms with Crippen molar-refractivity contribution in [3.05, 3.63) is 36.0 Å².